The Bertz CT molecular complexity index is 763. The van der Waals surface area contributed by atoms with Crippen LogP contribution < -0.4 is 10.6 Å². The Morgan fingerprint density at radius 3 is 2.67 bits per heavy atom. The minimum atomic E-state index is -0.526. The number of hydrogen-bond acceptors (Lipinski definition) is 7. The normalized spacial score (nSPS) is 11.6. The number of hydrogen-bond donors (Lipinski definition) is 2. The lowest BCUT2D eigenvalue weighted by Crippen LogP contribution is -2.16. The number of nitro groups is 1. The highest BCUT2D eigenvalue weighted by Gasteiger charge is 2.24. The third kappa shape index (κ3) is 4.03. The molecule has 0 aliphatic rings. The van der Waals surface area contributed by atoms with Gasteiger partial charge >= 0.3 is 5.69 Å². The fourth-order valence-electron chi connectivity index (χ4n) is 2.04. The Hall–Kier alpha value is -3.03. The Morgan fingerprint density at radius 2 is 2.04 bits per heavy atom. The van der Waals surface area contributed by atoms with Crippen LogP contribution in [0.5, 0.6) is 0 Å². The summed E-state index contributed by atoms with van der Waals surface area (Å²) in [6.45, 7) is 5.34. The average molecular weight is 329 g/mol. The van der Waals surface area contributed by atoms with Gasteiger partial charge in [0.1, 0.15) is 6.33 Å². The Kier molecular flexibility index (Phi) is 5.41. The third-order valence-corrected chi connectivity index (χ3v) is 3.53. The molecule has 1 aromatic heterocycles. The topological polar surface area (TPSA) is 110 Å². The van der Waals surface area contributed by atoms with Crippen molar-refractivity contribution in [2.24, 2.45) is 0 Å². The number of nitrogens with zero attached hydrogens (tertiary/aromatic N) is 3. The maximum atomic E-state index is 11.5. The summed E-state index contributed by atoms with van der Waals surface area (Å²) in [7, 11) is 0. The zero-order valence-corrected chi connectivity index (χ0v) is 13.7. The zero-order chi connectivity index (χ0) is 17.7. The first-order valence-electron chi connectivity index (χ1n) is 7.56. The van der Waals surface area contributed by atoms with Crippen molar-refractivity contribution < 1.29 is 9.72 Å². The number of anilines is 3. The molecule has 1 aromatic carbocycles. The number of aromatic nitrogens is 2. The lowest BCUT2D eigenvalue weighted by atomic mass is 10.1. The third-order valence-electron chi connectivity index (χ3n) is 3.53. The monoisotopic (exact) mass is 329 g/mol. The van der Waals surface area contributed by atoms with Crippen molar-refractivity contribution in [3.8, 4) is 0 Å². The lowest BCUT2D eigenvalue weighted by molar-refractivity contribution is -0.383. The summed E-state index contributed by atoms with van der Waals surface area (Å²) >= 11 is 0. The number of rotatable bonds is 7. The molecule has 0 bridgehead atoms. The Morgan fingerprint density at radius 1 is 1.33 bits per heavy atom. The van der Waals surface area contributed by atoms with Gasteiger partial charge in [0.2, 0.25) is 11.6 Å². The molecule has 0 saturated heterocycles. The summed E-state index contributed by atoms with van der Waals surface area (Å²) in [5.74, 6) is 0.144. The van der Waals surface area contributed by atoms with E-state index in [9.17, 15) is 14.9 Å². The van der Waals surface area contributed by atoms with Gasteiger partial charge in [0.05, 0.1) is 4.92 Å². The molecule has 2 N–H and O–H groups in total. The van der Waals surface area contributed by atoms with Crippen molar-refractivity contribution in [2.75, 3.05) is 10.6 Å². The fraction of sp³-hybridized carbons (Fsp3) is 0.312. The van der Waals surface area contributed by atoms with Crippen molar-refractivity contribution >= 4 is 28.8 Å². The van der Waals surface area contributed by atoms with Gasteiger partial charge < -0.3 is 10.6 Å². The standard InChI is InChI=1S/C16H19N5O3/c1-4-10(2)19-15-14(21(23)24)16(18-9-17-15)20-13-7-5-6-12(8-13)11(3)22/h5-10H,4H2,1-3H3,(H2,17,18,19,20). The highest BCUT2D eigenvalue weighted by Crippen LogP contribution is 2.31. The second-order valence-electron chi connectivity index (χ2n) is 5.39. The number of carbonyl (C=O) groups excluding carboxylic acids is 1. The maximum Gasteiger partial charge on any atom is 0.353 e. The molecule has 0 fully saturated rings. The van der Waals surface area contributed by atoms with Gasteiger partial charge in [-0.05, 0) is 32.4 Å². The van der Waals surface area contributed by atoms with Crippen LogP contribution in [0, 0.1) is 10.1 Å². The molecule has 8 nitrogen and oxygen atoms in total. The molecule has 0 spiro atoms. The second-order valence-corrected chi connectivity index (χ2v) is 5.39. The summed E-state index contributed by atoms with van der Waals surface area (Å²) in [5.41, 5.74) is 0.819. The van der Waals surface area contributed by atoms with Crippen molar-refractivity contribution in [2.45, 2.75) is 33.2 Å². The predicted octanol–water partition coefficient (Wildman–Crippen LogP) is 3.54. The van der Waals surface area contributed by atoms with Gasteiger partial charge in [-0.3, -0.25) is 14.9 Å². The first kappa shape index (κ1) is 17.3. The number of ketones is 1. The van der Waals surface area contributed by atoms with E-state index < -0.39 is 4.92 Å². The molecule has 8 heteroatoms. The highest BCUT2D eigenvalue weighted by atomic mass is 16.6. The number of Topliss-reactive ketones (excluding diaryl/α,β-unsaturated/α-hetero) is 1. The fourth-order valence-corrected chi connectivity index (χ4v) is 2.04. The van der Waals surface area contributed by atoms with E-state index in [0.29, 0.717) is 11.3 Å². The van der Waals surface area contributed by atoms with E-state index in [2.05, 4.69) is 20.6 Å². The lowest BCUT2D eigenvalue weighted by Gasteiger charge is -2.13. The van der Waals surface area contributed by atoms with Crippen molar-refractivity contribution in [1.29, 1.82) is 0 Å². The molecule has 0 radical (unpaired) electrons. The van der Waals surface area contributed by atoms with Crippen LogP contribution >= 0.6 is 0 Å². The van der Waals surface area contributed by atoms with Gasteiger partial charge in [0, 0.05) is 17.3 Å². The van der Waals surface area contributed by atoms with E-state index in [1.165, 1.54) is 13.3 Å². The molecule has 1 atom stereocenters. The molecular weight excluding hydrogens is 310 g/mol. The zero-order valence-electron chi connectivity index (χ0n) is 13.7. The molecular formula is C16H19N5O3. The van der Waals surface area contributed by atoms with Crippen LogP contribution in [0.2, 0.25) is 0 Å². The van der Waals surface area contributed by atoms with Gasteiger partial charge in [-0.15, -0.1) is 0 Å². The Balaban J connectivity index is 2.39. The van der Waals surface area contributed by atoms with Crippen molar-refractivity contribution in [3.05, 3.63) is 46.3 Å². The summed E-state index contributed by atoms with van der Waals surface area (Å²) in [4.78, 5) is 30.4. The van der Waals surface area contributed by atoms with Crippen LogP contribution in [0.15, 0.2) is 30.6 Å². The van der Waals surface area contributed by atoms with Gasteiger partial charge in [-0.1, -0.05) is 19.1 Å². The van der Waals surface area contributed by atoms with E-state index in [-0.39, 0.29) is 29.1 Å². The van der Waals surface area contributed by atoms with Crippen molar-refractivity contribution in [1.82, 2.24) is 9.97 Å². The average Bonchev–Trinajstić information content (AvgIpc) is 2.54. The van der Waals surface area contributed by atoms with Crippen LogP contribution in [0.1, 0.15) is 37.6 Å². The largest absolute Gasteiger partial charge is 0.362 e. The minimum absolute atomic E-state index is 0.0347. The van der Waals surface area contributed by atoms with E-state index >= 15 is 0 Å². The van der Waals surface area contributed by atoms with Crippen LogP contribution in [-0.2, 0) is 0 Å². The first-order chi connectivity index (χ1) is 11.4. The molecule has 1 unspecified atom stereocenters. The van der Waals surface area contributed by atoms with Crippen LogP contribution in [0.3, 0.4) is 0 Å². The van der Waals surface area contributed by atoms with Gasteiger partial charge in [-0.2, -0.15) is 0 Å². The van der Waals surface area contributed by atoms with Crippen LogP contribution in [0.4, 0.5) is 23.0 Å². The summed E-state index contributed by atoms with van der Waals surface area (Å²) < 4.78 is 0. The molecule has 1 heterocycles. The molecule has 0 aliphatic heterocycles. The van der Waals surface area contributed by atoms with E-state index in [1.54, 1.807) is 24.3 Å². The van der Waals surface area contributed by atoms with Gasteiger partial charge in [-0.25, -0.2) is 9.97 Å². The number of nitrogens with one attached hydrogen (secondary N) is 2. The molecule has 0 aliphatic carbocycles. The minimum Gasteiger partial charge on any atom is -0.362 e. The molecule has 0 saturated carbocycles. The predicted molar refractivity (Wildman–Crippen MR) is 91.8 cm³/mol. The Labute approximate surface area is 139 Å². The van der Waals surface area contributed by atoms with Gasteiger partial charge in [0.15, 0.2) is 5.78 Å². The van der Waals surface area contributed by atoms with Crippen molar-refractivity contribution in [3.63, 3.8) is 0 Å². The summed E-state index contributed by atoms with van der Waals surface area (Å²) in [6.07, 6.45) is 2.06. The molecule has 0 amide bonds. The second kappa shape index (κ2) is 7.49. The number of benzene rings is 1. The van der Waals surface area contributed by atoms with Crippen LogP contribution in [0.25, 0.3) is 0 Å². The first-order valence-corrected chi connectivity index (χ1v) is 7.56. The SMILES string of the molecule is CCC(C)Nc1ncnc(Nc2cccc(C(C)=O)c2)c1[N+](=O)[O-]. The van der Waals surface area contributed by atoms with E-state index in [4.69, 9.17) is 0 Å². The van der Waals surface area contributed by atoms with Crippen LogP contribution in [-0.4, -0.2) is 26.7 Å². The molecule has 24 heavy (non-hydrogen) atoms. The maximum absolute atomic E-state index is 11.5. The summed E-state index contributed by atoms with van der Waals surface area (Å²) in [5, 5.41) is 17.4. The smallest absolute Gasteiger partial charge is 0.353 e. The number of carbonyl (C=O) groups is 1. The quantitative estimate of drug-likeness (QED) is 0.454. The summed E-state index contributed by atoms with van der Waals surface area (Å²) in [6, 6.07) is 6.74. The van der Waals surface area contributed by atoms with E-state index in [0.717, 1.165) is 6.42 Å². The molecule has 126 valence electrons. The van der Waals surface area contributed by atoms with E-state index in [1.807, 2.05) is 13.8 Å². The highest BCUT2D eigenvalue weighted by molar-refractivity contribution is 5.95. The molecule has 2 rings (SSSR count). The molecule has 2 aromatic rings. The van der Waals surface area contributed by atoms with Gasteiger partial charge in [0.25, 0.3) is 0 Å².